The van der Waals surface area contributed by atoms with E-state index in [-0.39, 0.29) is 17.7 Å². The SMILES string of the molecule is CC1=C(c2cc3c4c(c2O)CCCN4CCC3)c2ccccc2C1C1C(=O)Nc2ccc(Br)c(C)c21. The van der Waals surface area contributed by atoms with Crippen molar-refractivity contribution in [1.29, 1.82) is 0 Å². The first kappa shape index (κ1) is 22.2. The molecule has 3 heterocycles. The Labute approximate surface area is 220 Å². The van der Waals surface area contributed by atoms with Crippen molar-refractivity contribution in [2.24, 2.45) is 0 Å². The Morgan fingerprint density at radius 2 is 1.78 bits per heavy atom. The van der Waals surface area contributed by atoms with E-state index in [0.717, 1.165) is 87.9 Å². The average Bonchev–Trinajstić information content (AvgIpc) is 3.36. The van der Waals surface area contributed by atoms with Crippen LogP contribution in [0.1, 0.15) is 70.5 Å². The van der Waals surface area contributed by atoms with Crippen LogP contribution in [-0.2, 0) is 17.6 Å². The van der Waals surface area contributed by atoms with Gasteiger partial charge in [-0.1, -0.05) is 45.8 Å². The van der Waals surface area contributed by atoms with Gasteiger partial charge in [0, 0.05) is 46.0 Å². The van der Waals surface area contributed by atoms with E-state index in [1.807, 2.05) is 12.1 Å². The van der Waals surface area contributed by atoms with Crippen LogP contribution in [0.2, 0.25) is 0 Å². The maximum absolute atomic E-state index is 13.5. The second-order valence-corrected chi connectivity index (χ2v) is 11.5. The van der Waals surface area contributed by atoms with Gasteiger partial charge in [0.05, 0.1) is 5.92 Å². The number of amides is 1. The molecule has 0 saturated carbocycles. The van der Waals surface area contributed by atoms with E-state index >= 15 is 0 Å². The Morgan fingerprint density at radius 3 is 2.61 bits per heavy atom. The molecule has 2 N–H and O–H groups in total. The average molecular weight is 541 g/mol. The predicted octanol–water partition coefficient (Wildman–Crippen LogP) is 6.82. The smallest absolute Gasteiger partial charge is 0.232 e. The molecule has 7 rings (SSSR count). The molecule has 0 fully saturated rings. The zero-order chi connectivity index (χ0) is 24.7. The van der Waals surface area contributed by atoms with Crippen LogP contribution in [0, 0.1) is 6.92 Å². The summed E-state index contributed by atoms with van der Waals surface area (Å²) < 4.78 is 1.02. The number of phenols is 1. The number of carbonyl (C=O) groups excluding carboxylic acids is 1. The molecule has 0 saturated heterocycles. The lowest BCUT2D eigenvalue weighted by molar-refractivity contribution is -0.117. The van der Waals surface area contributed by atoms with Gasteiger partial charge < -0.3 is 15.3 Å². The number of halogens is 1. The fourth-order valence-electron chi connectivity index (χ4n) is 7.29. The summed E-state index contributed by atoms with van der Waals surface area (Å²) >= 11 is 3.68. The zero-order valence-corrected chi connectivity index (χ0v) is 22.2. The third-order valence-corrected chi connectivity index (χ3v) is 9.68. The summed E-state index contributed by atoms with van der Waals surface area (Å²) in [6.45, 7) is 6.41. The van der Waals surface area contributed by atoms with Gasteiger partial charge in [-0.05, 0) is 91.1 Å². The summed E-state index contributed by atoms with van der Waals surface area (Å²) in [5.41, 5.74) is 12.3. The van der Waals surface area contributed by atoms with Crippen molar-refractivity contribution in [3.05, 3.63) is 91.5 Å². The first-order valence-electron chi connectivity index (χ1n) is 13.0. The molecular weight excluding hydrogens is 512 g/mol. The molecule has 0 bridgehead atoms. The van der Waals surface area contributed by atoms with Crippen LogP contribution in [0.5, 0.6) is 5.75 Å². The standard InChI is InChI=1S/C31H29BrN2O2/c1-16-23(32)11-12-24-27(16)28(31(36)33-24)26-17(2)25(19-8-3-4-9-20(19)26)22-15-18-7-5-13-34-14-6-10-21(29(18)34)30(22)35/h3-4,8-9,11-12,15,26,28,35H,5-7,10,13-14H2,1-2H3,(H,33,36). The summed E-state index contributed by atoms with van der Waals surface area (Å²) in [5, 5.41) is 14.8. The topological polar surface area (TPSA) is 52.6 Å². The summed E-state index contributed by atoms with van der Waals surface area (Å²) in [5.74, 6) is 0.103. The number of nitrogens with zero attached hydrogens (tertiary/aromatic N) is 1. The number of fused-ring (bicyclic) bond motifs is 2. The number of hydrogen-bond donors (Lipinski definition) is 2. The Balaban J connectivity index is 1.46. The highest BCUT2D eigenvalue weighted by molar-refractivity contribution is 9.10. The van der Waals surface area contributed by atoms with Gasteiger partial charge in [-0.15, -0.1) is 0 Å². The summed E-state index contributed by atoms with van der Waals surface area (Å²) in [7, 11) is 0. The molecule has 4 aliphatic rings. The van der Waals surface area contributed by atoms with Crippen molar-refractivity contribution in [2.75, 3.05) is 23.3 Å². The van der Waals surface area contributed by atoms with E-state index in [2.05, 4.69) is 70.3 Å². The molecule has 3 aromatic carbocycles. The minimum Gasteiger partial charge on any atom is -0.507 e. The first-order valence-corrected chi connectivity index (χ1v) is 13.8. The summed E-state index contributed by atoms with van der Waals surface area (Å²) in [4.78, 5) is 15.9. The lowest BCUT2D eigenvalue weighted by atomic mass is 9.79. The second kappa shape index (κ2) is 7.97. The number of benzene rings is 3. The van der Waals surface area contributed by atoms with E-state index in [4.69, 9.17) is 0 Å². The van der Waals surface area contributed by atoms with Crippen molar-refractivity contribution in [2.45, 2.75) is 51.4 Å². The van der Waals surface area contributed by atoms with E-state index in [1.165, 1.54) is 16.8 Å². The molecule has 182 valence electrons. The monoisotopic (exact) mass is 540 g/mol. The Hall–Kier alpha value is -3.05. The van der Waals surface area contributed by atoms with Gasteiger partial charge >= 0.3 is 0 Å². The van der Waals surface area contributed by atoms with Gasteiger partial charge in [-0.2, -0.15) is 0 Å². The molecule has 0 radical (unpaired) electrons. The van der Waals surface area contributed by atoms with Crippen molar-refractivity contribution in [3.8, 4) is 5.75 Å². The number of aromatic hydroxyl groups is 1. The van der Waals surface area contributed by atoms with Crippen LogP contribution in [-0.4, -0.2) is 24.1 Å². The van der Waals surface area contributed by atoms with Crippen LogP contribution >= 0.6 is 15.9 Å². The lowest BCUT2D eigenvalue weighted by Gasteiger charge is -2.37. The lowest BCUT2D eigenvalue weighted by Crippen LogP contribution is -2.34. The number of aryl methyl sites for hydroxylation is 1. The number of carbonyl (C=O) groups is 1. The van der Waals surface area contributed by atoms with Gasteiger partial charge in [0.2, 0.25) is 5.91 Å². The Morgan fingerprint density at radius 1 is 1.00 bits per heavy atom. The van der Waals surface area contributed by atoms with Crippen LogP contribution in [0.3, 0.4) is 0 Å². The van der Waals surface area contributed by atoms with Crippen LogP contribution in [0.15, 0.2) is 52.5 Å². The van der Waals surface area contributed by atoms with Crippen LogP contribution < -0.4 is 10.2 Å². The predicted molar refractivity (Wildman–Crippen MR) is 148 cm³/mol. The van der Waals surface area contributed by atoms with Crippen LogP contribution in [0.4, 0.5) is 11.4 Å². The van der Waals surface area contributed by atoms with Crippen LogP contribution in [0.25, 0.3) is 5.57 Å². The Kier molecular flexibility index (Phi) is 4.91. The molecule has 2 atom stereocenters. The third kappa shape index (κ3) is 2.95. The normalized spacial score (nSPS) is 21.9. The van der Waals surface area contributed by atoms with Gasteiger partial charge in [-0.3, -0.25) is 4.79 Å². The molecule has 1 aliphatic carbocycles. The highest BCUT2D eigenvalue weighted by atomic mass is 79.9. The van der Waals surface area contributed by atoms with E-state index in [9.17, 15) is 9.90 Å². The molecule has 4 nitrogen and oxygen atoms in total. The number of nitrogens with one attached hydrogen (secondary N) is 1. The third-order valence-electron chi connectivity index (χ3n) is 8.82. The van der Waals surface area contributed by atoms with Gasteiger partial charge in [0.15, 0.2) is 0 Å². The number of anilines is 2. The molecule has 0 aromatic heterocycles. The zero-order valence-electron chi connectivity index (χ0n) is 20.6. The summed E-state index contributed by atoms with van der Waals surface area (Å²) in [6, 6.07) is 14.7. The second-order valence-electron chi connectivity index (χ2n) is 10.7. The van der Waals surface area contributed by atoms with E-state index in [0.29, 0.717) is 5.75 Å². The van der Waals surface area contributed by atoms with Crippen molar-refractivity contribution in [1.82, 2.24) is 0 Å². The quantitative estimate of drug-likeness (QED) is 0.375. The largest absolute Gasteiger partial charge is 0.507 e. The molecule has 2 unspecified atom stereocenters. The first-order chi connectivity index (χ1) is 17.5. The summed E-state index contributed by atoms with van der Waals surface area (Å²) in [6.07, 6.45) is 4.20. The van der Waals surface area contributed by atoms with Crippen molar-refractivity contribution < 1.29 is 9.90 Å². The Bertz CT molecular complexity index is 1500. The molecule has 0 spiro atoms. The highest BCUT2D eigenvalue weighted by Gasteiger charge is 2.44. The fourth-order valence-corrected chi connectivity index (χ4v) is 7.64. The highest BCUT2D eigenvalue weighted by Crippen LogP contribution is 2.56. The number of allylic oxidation sites excluding steroid dienone is 1. The molecule has 1 amide bonds. The fraction of sp³-hybridized carbons (Fsp3) is 0.323. The molecule has 5 heteroatoms. The maximum atomic E-state index is 13.5. The van der Waals surface area contributed by atoms with Gasteiger partial charge in [0.25, 0.3) is 0 Å². The van der Waals surface area contributed by atoms with E-state index < -0.39 is 0 Å². The van der Waals surface area contributed by atoms with Gasteiger partial charge in [0.1, 0.15) is 5.75 Å². The van der Waals surface area contributed by atoms with Crippen molar-refractivity contribution in [3.63, 3.8) is 0 Å². The van der Waals surface area contributed by atoms with E-state index in [1.54, 1.807) is 0 Å². The molecule has 3 aliphatic heterocycles. The molecular formula is C31H29BrN2O2. The number of phenolic OH excluding ortho intramolecular Hbond substituents is 1. The maximum Gasteiger partial charge on any atom is 0.232 e. The number of rotatable bonds is 2. The minimum absolute atomic E-state index is 0.0481. The van der Waals surface area contributed by atoms with Crippen molar-refractivity contribution >= 4 is 38.8 Å². The minimum atomic E-state index is -0.301. The van der Waals surface area contributed by atoms with Gasteiger partial charge in [-0.25, -0.2) is 0 Å². The molecule has 36 heavy (non-hydrogen) atoms. The number of hydrogen-bond acceptors (Lipinski definition) is 3. The molecule has 3 aromatic rings.